The minimum absolute atomic E-state index is 0.143. The molecule has 2 aromatic carbocycles. The second-order valence-electron chi connectivity index (χ2n) is 10.9. The normalized spacial score (nSPS) is 17.0. The van der Waals surface area contributed by atoms with E-state index < -0.39 is 11.5 Å². The number of rotatable bonds is 13. The minimum atomic E-state index is -0.650. The molecule has 0 bridgehead atoms. The number of hydrogen-bond donors (Lipinski definition) is 1. The van der Waals surface area contributed by atoms with Gasteiger partial charge in [-0.1, -0.05) is 36.2 Å². The van der Waals surface area contributed by atoms with Gasteiger partial charge in [-0.2, -0.15) is 5.26 Å². The zero-order valence-corrected chi connectivity index (χ0v) is 24.7. The number of methoxy groups -OCH3 is 1. The van der Waals surface area contributed by atoms with E-state index in [9.17, 15) is 19.6 Å². The first-order valence-electron chi connectivity index (χ1n) is 14.4. The summed E-state index contributed by atoms with van der Waals surface area (Å²) in [5.74, 6) is 0.304. The fraction of sp³-hybridized carbons (Fsp3) is 0.500. The molecule has 2 aromatic rings. The quantitative estimate of drug-likeness (QED) is 0.274. The topological polar surface area (TPSA) is 103 Å². The van der Waals surface area contributed by atoms with Crippen molar-refractivity contribution in [2.45, 2.75) is 69.4 Å². The Bertz CT molecular complexity index is 1300. The molecule has 2 aliphatic heterocycles. The Morgan fingerprint density at radius 2 is 2.00 bits per heavy atom. The van der Waals surface area contributed by atoms with E-state index in [1.165, 1.54) is 0 Å². The predicted octanol–water partition coefficient (Wildman–Crippen LogP) is 4.67. The van der Waals surface area contributed by atoms with Gasteiger partial charge in [-0.15, -0.1) is 0 Å². The molecule has 0 spiro atoms. The van der Waals surface area contributed by atoms with Crippen molar-refractivity contribution in [3.63, 3.8) is 0 Å². The predicted molar refractivity (Wildman–Crippen MR) is 158 cm³/mol. The summed E-state index contributed by atoms with van der Waals surface area (Å²) in [6, 6.07) is 13.3. The molecule has 0 radical (unpaired) electrons. The molecule has 1 saturated heterocycles. The molecular formula is C32H39ClN4O4. The third-order valence-corrected chi connectivity index (χ3v) is 8.92. The van der Waals surface area contributed by atoms with Crippen LogP contribution in [0.5, 0.6) is 5.75 Å². The van der Waals surface area contributed by atoms with Crippen LogP contribution in [0.2, 0.25) is 5.02 Å². The molecule has 2 amide bonds. The summed E-state index contributed by atoms with van der Waals surface area (Å²) < 4.78 is 5.26. The van der Waals surface area contributed by atoms with Crippen LogP contribution >= 0.6 is 11.6 Å². The Labute approximate surface area is 247 Å². The highest BCUT2D eigenvalue weighted by atomic mass is 35.5. The zero-order chi connectivity index (χ0) is 29.4. The van der Waals surface area contributed by atoms with E-state index in [0.717, 1.165) is 81.1 Å². The standard InChI is InChI=1S/C32H39ClN4O4/c1-35-30(39)29(11-7-19-38)37-21-26-23(9-6-10-25(26)31(37)40)8-4-3-5-16-36-17-14-32(22-34,15-18-36)27-13-12-24(41-2)20-28(27)33/h6,9-10,12-13,19-20,29H,3-5,7-8,11,14-18,21H2,1-2H3,(H,35,39). The first kappa shape index (κ1) is 30.5. The Balaban J connectivity index is 1.27. The minimum Gasteiger partial charge on any atom is -0.497 e. The van der Waals surface area contributed by atoms with Crippen LogP contribution in [-0.4, -0.2) is 67.7 Å². The van der Waals surface area contributed by atoms with Gasteiger partial charge >= 0.3 is 0 Å². The number of carbonyl (C=O) groups excluding carboxylic acids is 3. The van der Waals surface area contributed by atoms with E-state index in [4.69, 9.17) is 16.3 Å². The Morgan fingerprint density at radius 3 is 2.66 bits per heavy atom. The molecule has 9 heteroatoms. The number of aryl methyl sites for hydroxylation is 1. The number of hydrogen-bond acceptors (Lipinski definition) is 6. The maximum atomic E-state index is 13.1. The van der Waals surface area contributed by atoms with Gasteiger partial charge in [0.05, 0.1) is 18.6 Å². The lowest BCUT2D eigenvalue weighted by Crippen LogP contribution is -2.46. The zero-order valence-electron chi connectivity index (χ0n) is 24.0. The molecule has 8 nitrogen and oxygen atoms in total. The van der Waals surface area contributed by atoms with Crippen molar-refractivity contribution < 1.29 is 19.1 Å². The van der Waals surface area contributed by atoms with Gasteiger partial charge in [0.2, 0.25) is 5.91 Å². The lowest BCUT2D eigenvalue weighted by atomic mass is 9.74. The van der Waals surface area contributed by atoms with Crippen molar-refractivity contribution in [2.75, 3.05) is 33.8 Å². The number of unbranched alkanes of at least 4 members (excludes halogenated alkanes) is 2. The average molecular weight is 579 g/mol. The highest BCUT2D eigenvalue weighted by Gasteiger charge is 2.38. The molecule has 4 rings (SSSR count). The lowest BCUT2D eigenvalue weighted by Gasteiger charge is -2.38. The van der Waals surface area contributed by atoms with Crippen LogP contribution in [0.1, 0.15) is 72.0 Å². The molecule has 2 heterocycles. The number of carbonyl (C=O) groups is 3. The molecule has 41 heavy (non-hydrogen) atoms. The largest absolute Gasteiger partial charge is 0.497 e. The highest BCUT2D eigenvalue weighted by molar-refractivity contribution is 6.31. The van der Waals surface area contributed by atoms with Crippen LogP contribution in [0.15, 0.2) is 36.4 Å². The van der Waals surface area contributed by atoms with E-state index in [1.807, 2.05) is 24.3 Å². The maximum absolute atomic E-state index is 13.1. The van der Waals surface area contributed by atoms with E-state index in [-0.39, 0.29) is 18.2 Å². The summed E-state index contributed by atoms with van der Waals surface area (Å²) in [6.07, 6.45) is 6.84. The van der Waals surface area contributed by atoms with Crippen LogP contribution in [0.25, 0.3) is 0 Å². The van der Waals surface area contributed by atoms with Crippen LogP contribution in [-0.2, 0) is 28.0 Å². The van der Waals surface area contributed by atoms with Crippen LogP contribution in [0.4, 0.5) is 0 Å². The molecule has 1 N–H and O–H groups in total. The number of nitrogens with one attached hydrogen (secondary N) is 1. The number of ether oxygens (including phenoxy) is 1. The fourth-order valence-electron chi connectivity index (χ4n) is 6.16. The fourth-order valence-corrected chi connectivity index (χ4v) is 6.52. The molecule has 2 aliphatic rings. The number of benzene rings is 2. The number of piperidine rings is 1. The number of halogens is 1. The van der Waals surface area contributed by atoms with E-state index in [2.05, 4.69) is 22.4 Å². The van der Waals surface area contributed by atoms with E-state index in [1.54, 1.807) is 25.1 Å². The number of amides is 2. The van der Waals surface area contributed by atoms with Crippen LogP contribution < -0.4 is 10.1 Å². The average Bonchev–Trinajstić information content (AvgIpc) is 3.33. The maximum Gasteiger partial charge on any atom is 0.255 e. The second-order valence-corrected chi connectivity index (χ2v) is 11.3. The molecule has 218 valence electrons. The van der Waals surface area contributed by atoms with Gasteiger partial charge in [0, 0.05) is 30.6 Å². The SMILES string of the molecule is CNC(=O)C(CCC=O)N1Cc2c(CCCCCN3CCC(C#N)(c4ccc(OC)cc4Cl)CC3)cccc2C1=O. The molecule has 0 saturated carbocycles. The van der Waals surface area contributed by atoms with Gasteiger partial charge in [-0.3, -0.25) is 9.59 Å². The number of nitrogens with zero attached hydrogens (tertiary/aromatic N) is 3. The third-order valence-electron chi connectivity index (χ3n) is 8.61. The Kier molecular flexibility index (Phi) is 10.4. The number of nitriles is 1. The Hall–Kier alpha value is -3.41. The van der Waals surface area contributed by atoms with Crippen molar-refractivity contribution in [2.24, 2.45) is 0 Å². The molecule has 1 atom stereocenters. The van der Waals surface area contributed by atoms with Gasteiger partial charge in [-0.05, 0) is 93.0 Å². The summed E-state index contributed by atoms with van der Waals surface area (Å²) in [5, 5.41) is 13.3. The van der Waals surface area contributed by atoms with Gasteiger partial charge in [-0.25, -0.2) is 0 Å². The van der Waals surface area contributed by atoms with Gasteiger partial charge in [0.15, 0.2) is 0 Å². The Morgan fingerprint density at radius 1 is 1.22 bits per heavy atom. The molecule has 1 fully saturated rings. The second kappa shape index (κ2) is 14.0. The van der Waals surface area contributed by atoms with Crippen molar-refractivity contribution in [3.05, 3.63) is 63.7 Å². The molecule has 0 aliphatic carbocycles. The first-order chi connectivity index (χ1) is 19.9. The van der Waals surface area contributed by atoms with E-state index in [0.29, 0.717) is 29.3 Å². The van der Waals surface area contributed by atoms with Gasteiger partial charge in [0.25, 0.3) is 5.91 Å². The van der Waals surface area contributed by atoms with Crippen LogP contribution in [0, 0.1) is 11.3 Å². The number of aldehydes is 1. The number of likely N-dealkylation sites (tertiary alicyclic amines) is 1. The third kappa shape index (κ3) is 6.74. The summed E-state index contributed by atoms with van der Waals surface area (Å²) in [4.78, 5) is 40.6. The first-order valence-corrected chi connectivity index (χ1v) is 14.8. The van der Waals surface area contributed by atoms with Crippen molar-refractivity contribution in [1.82, 2.24) is 15.1 Å². The van der Waals surface area contributed by atoms with Crippen molar-refractivity contribution >= 4 is 29.7 Å². The summed E-state index contributed by atoms with van der Waals surface area (Å²) in [6.45, 7) is 3.10. The lowest BCUT2D eigenvalue weighted by molar-refractivity contribution is -0.125. The van der Waals surface area contributed by atoms with E-state index >= 15 is 0 Å². The van der Waals surface area contributed by atoms with Crippen LogP contribution in [0.3, 0.4) is 0 Å². The number of fused-ring (bicyclic) bond motifs is 1. The molecule has 1 unspecified atom stereocenters. The summed E-state index contributed by atoms with van der Waals surface area (Å²) in [7, 11) is 3.16. The van der Waals surface area contributed by atoms with Crippen molar-refractivity contribution in [3.8, 4) is 11.8 Å². The van der Waals surface area contributed by atoms with Crippen molar-refractivity contribution in [1.29, 1.82) is 5.26 Å². The summed E-state index contributed by atoms with van der Waals surface area (Å²) in [5.41, 5.74) is 3.13. The van der Waals surface area contributed by atoms with Gasteiger partial charge in [0.1, 0.15) is 18.1 Å². The number of likely N-dealkylation sites (N-methyl/N-ethyl adjacent to an activating group) is 1. The highest BCUT2D eigenvalue weighted by Crippen LogP contribution is 2.40. The smallest absolute Gasteiger partial charge is 0.255 e. The van der Waals surface area contributed by atoms with Gasteiger partial charge < -0.3 is 24.6 Å². The molecule has 0 aromatic heterocycles. The molecular weight excluding hydrogens is 540 g/mol. The monoisotopic (exact) mass is 578 g/mol. The summed E-state index contributed by atoms with van der Waals surface area (Å²) >= 11 is 6.53.